The van der Waals surface area contributed by atoms with Crippen molar-refractivity contribution in [3.05, 3.63) is 0 Å². The van der Waals surface area contributed by atoms with Gasteiger partial charge in [0.05, 0.1) is 13.2 Å². The number of anilines is 1. The number of ether oxygens (including phenoxy) is 2. The minimum atomic E-state index is 0.314. The third kappa shape index (κ3) is 5.16. The van der Waals surface area contributed by atoms with Crippen molar-refractivity contribution >= 4 is 5.95 Å². The average Bonchev–Trinajstić information content (AvgIpc) is 2.37. The summed E-state index contributed by atoms with van der Waals surface area (Å²) in [7, 11) is 0. The summed E-state index contributed by atoms with van der Waals surface area (Å²) in [5.41, 5.74) is 0. The van der Waals surface area contributed by atoms with Crippen molar-refractivity contribution in [3.63, 3.8) is 0 Å². The molecule has 0 aliphatic carbocycles. The fraction of sp³-hybridized carbons (Fsp3) is 0.750. The Morgan fingerprint density at radius 2 is 1.56 bits per heavy atom. The summed E-state index contributed by atoms with van der Waals surface area (Å²) >= 11 is 0. The van der Waals surface area contributed by atoms with E-state index in [1.165, 1.54) is 0 Å². The predicted octanol–water partition coefficient (Wildman–Crippen LogP) is 2.27. The fourth-order valence-corrected chi connectivity index (χ4v) is 1.21. The van der Waals surface area contributed by atoms with E-state index in [2.05, 4.69) is 27.2 Å². The van der Waals surface area contributed by atoms with Gasteiger partial charge in [0.15, 0.2) is 0 Å². The van der Waals surface area contributed by atoms with Crippen LogP contribution in [-0.2, 0) is 0 Å². The SMILES string of the molecule is CCCCOc1nc(NCC)nc(OCCC)n1. The third-order valence-corrected chi connectivity index (χ3v) is 2.09. The summed E-state index contributed by atoms with van der Waals surface area (Å²) in [4.78, 5) is 12.4. The van der Waals surface area contributed by atoms with E-state index in [0.717, 1.165) is 25.8 Å². The van der Waals surface area contributed by atoms with Crippen LogP contribution in [-0.4, -0.2) is 34.7 Å². The van der Waals surface area contributed by atoms with Crippen molar-refractivity contribution in [3.8, 4) is 12.0 Å². The standard InChI is InChI=1S/C12H22N4O2/c1-4-7-9-18-12-15-10(13-6-3)14-11(16-12)17-8-5-2/h4-9H2,1-3H3,(H,13,14,15,16). The van der Waals surface area contributed by atoms with Gasteiger partial charge in [0.1, 0.15) is 0 Å². The molecule has 0 aliphatic heterocycles. The Kier molecular flexibility index (Phi) is 6.83. The maximum Gasteiger partial charge on any atom is 0.324 e. The number of hydrogen-bond acceptors (Lipinski definition) is 6. The highest BCUT2D eigenvalue weighted by atomic mass is 16.5. The average molecular weight is 254 g/mol. The van der Waals surface area contributed by atoms with Crippen LogP contribution in [0.5, 0.6) is 12.0 Å². The summed E-state index contributed by atoms with van der Waals surface area (Å²) < 4.78 is 10.9. The van der Waals surface area contributed by atoms with E-state index in [1.54, 1.807) is 0 Å². The molecule has 0 amide bonds. The van der Waals surface area contributed by atoms with Crippen molar-refractivity contribution in [2.75, 3.05) is 25.1 Å². The lowest BCUT2D eigenvalue weighted by Gasteiger charge is -2.08. The quantitative estimate of drug-likeness (QED) is 0.682. The second-order valence-electron chi connectivity index (χ2n) is 3.80. The van der Waals surface area contributed by atoms with Crippen LogP contribution in [0, 0.1) is 0 Å². The molecule has 0 aliphatic rings. The van der Waals surface area contributed by atoms with Gasteiger partial charge in [-0.1, -0.05) is 20.3 Å². The molecular weight excluding hydrogens is 232 g/mol. The lowest BCUT2D eigenvalue weighted by Crippen LogP contribution is -2.09. The molecular formula is C12H22N4O2. The molecule has 1 N–H and O–H groups in total. The summed E-state index contributed by atoms with van der Waals surface area (Å²) in [5, 5.41) is 3.03. The Labute approximate surface area is 108 Å². The molecule has 6 nitrogen and oxygen atoms in total. The Morgan fingerprint density at radius 1 is 0.889 bits per heavy atom. The van der Waals surface area contributed by atoms with E-state index < -0.39 is 0 Å². The molecule has 1 aromatic rings. The van der Waals surface area contributed by atoms with Crippen molar-refractivity contribution in [2.45, 2.75) is 40.0 Å². The second-order valence-corrected chi connectivity index (χ2v) is 3.80. The van der Waals surface area contributed by atoms with Crippen LogP contribution in [0.4, 0.5) is 5.95 Å². The minimum absolute atomic E-state index is 0.314. The lowest BCUT2D eigenvalue weighted by atomic mass is 10.4. The maximum atomic E-state index is 5.47. The Morgan fingerprint density at radius 3 is 2.11 bits per heavy atom. The molecule has 0 atom stereocenters. The molecule has 0 saturated heterocycles. The third-order valence-electron chi connectivity index (χ3n) is 2.09. The molecule has 1 aromatic heterocycles. The minimum Gasteiger partial charge on any atom is -0.463 e. The number of aromatic nitrogens is 3. The smallest absolute Gasteiger partial charge is 0.324 e. The summed E-state index contributed by atoms with van der Waals surface area (Å²) in [5.74, 6) is 0.491. The molecule has 0 fully saturated rings. The maximum absolute atomic E-state index is 5.47. The molecule has 102 valence electrons. The van der Waals surface area contributed by atoms with E-state index in [9.17, 15) is 0 Å². The van der Waals surface area contributed by atoms with Gasteiger partial charge in [-0.2, -0.15) is 9.97 Å². The molecule has 0 aromatic carbocycles. The monoisotopic (exact) mass is 254 g/mol. The van der Waals surface area contributed by atoms with Crippen molar-refractivity contribution < 1.29 is 9.47 Å². The van der Waals surface area contributed by atoms with Gasteiger partial charge >= 0.3 is 12.0 Å². The second kappa shape index (κ2) is 8.49. The molecule has 18 heavy (non-hydrogen) atoms. The number of nitrogens with zero attached hydrogens (tertiary/aromatic N) is 3. The number of rotatable bonds is 9. The molecule has 0 unspecified atom stereocenters. The van der Waals surface area contributed by atoms with Gasteiger partial charge in [0, 0.05) is 6.54 Å². The van der Waals surface area contributed by atoms with Gasteiger partial charge < -0.3 is 14.8 Å². The molecule has 1 rings (SSSR count). The molecule has 0 bridgehead atoms. The Bertz CT molecular complexity index is 347. The van der Waals surface area contributed by atoms with E-state index >= 15 is 0 Å². The van der Waals surface area contributed by atoms with Gasteiger partial charge in [0.2, 0.25) is 5.95 Å². The van der Waals surface area contributed by atoms with E-state index in [1.807, 2.05) is 13.8 Å². The summed E-state index contributed by atoms with van der Waals surface area (Å²) in [6.45, 7) is 8.06. The van der Waals surface area contributed by atoms with E-state index in [0.29, 0.717) is 31.2 Å². The van der Waals surface area contributed by atoms with Gasteiger partial charge in [-0.05, 0) is 19.8 Å². The molecule has 0 radical (unpaired) electrons. The lowest BCUT2D eigenvalue weighted by molar-refractivity contribution is 0.259. The van der Waals surface area contributed by atoms with Gasteiger partial charge in [-0.25, -0.2) is 0 Å². The fourth-order valence-electron chi connectivity index (χ4n) is 1.21. The normalized spacial score (nSPS) is 10.2. The van der Waals surface area contributed by atoms with Crippen molar-refractivity contribution in [2.24, 2.45) is 0 Å². The van der Waals surface area contributed by atoms with Gasteiger partial charge in [-0.15, -0.1) is 4.98 Å². The zero-order chi connectivity index (χ0) is 13.2. The van der Waals surface area contributed by atoms with Crippen LogP contribution in [0.3, 0.4) is 0 Å². The van der Waals surface area contributed by atoms with Crippen LogP contribution in [0.15, 0.2) is 0 Å². The molecule has 1 heterocycles. The first kappa shape index (κ1) is 14.5. The summed E-state index contributed by atoms with van der Waals surface area (Å²) in [6, 6.07) is 0.634. The largest absolute Gasteiger partial charge is 0.463 e. The topological polar surface area (TPSA) is 69.2 Å². The highest BCUT2D eigenvalue weighted by Crippen LogP contribution is 2.13. The number of nitrogens with one attached hydrogen (secondary N) is 1. The number of hydrogen-bond donors (Lipinski definition) is 1. The van der Waals surface area contributed by atoms with Gasteiger partial charge in [0.25, 0.3) is 0 Å². The first-order valence-electron chi connectivity index (χ1n) is 6.55. The van der Waals surface area contributed by atoms with Gasteiger partial charge in [-0.3, -0.25) is 0 Å². The first-order chi connectivity index (χ1) is 8.80. The molecule has 6 heteroatoms. The predicted molar refractivity (Wildman–Crippen MR) is 70.2 cm³/mol. The zero-order valence-corrected chi connectivity index (χ0v) is 11.4. The highest BCUT2D eigenvalue weighted by molar-refractivity contribution is 5.27. The molecule has 0 spiro atoms. The van der Waals surface area contributed by atoms with Crippen LogP contribution in [0.25, 0.3) is 0 Å². The van der Waals surface area contributed by atoms with E-state index in [4.69, 9.17) is 9.47 Å². The van der Waals surface area contributed by atoms with Crippen molar-refractivity contribution in [1.82, 2.24) is 15.0 Å². The van der Waals surface area contributed by atoms with Crippen molar-refractivity contribution in [1.29, 1.82) is 0 Å². The van der Waals surface area contributed by atoms with Crippen LogP contribution in [0.1, 0.15) is 40.0 Å². The van der Waals surface area contributed by atoms with Crippen LogP contribution in [0.2, 0.25) is 0 Å². The van der Waals surface area contributed by atoms with E-state index in [-0.39, 0.29) is 0 Å². The Balaban J connectivity index is 2.70. The number of unbranched alkanes of at least 4 members (excludes halogenated alkanes) is 1. The van der Waals surface area contributed by atoms with Crippen LogP contribution >= 0.6 is 0 Å². The molecule has 0 saturated carbocycles. The zero-order valence-electron chi connectivity index (χ0n) is 11.4. The first-order valence-corrected chi connectivity index (χ1v) is 6.55. The summed E-state index contributed by atoms with van der Waals surface area (Å²) in [6.07, 6.45) is 2.96. The Hall–Kier alpha value is -1.59. The van der Waals surface area contributed by atoms with Crippen LogP contribution < -0.4 is 14.8 Å². The highest BCUT2D eigenvalue weighted by Gasteiger charge is 2.07.